The summed E-state index contributed by atoms with van der Waals surface area (Å²) in [5.74, 6) is 6.60. The van der Waals surface area contributed by atoms with Crippen LogP contribution >= 0.6 is 0 Å². The number of morpholine rings is 1. The first-order chi connectivity index (χ1) is 8.90. The Morgan fingerprint density at radius 3 is 2.67 bits per heavy atom. The monoisotopic (exact) mass is 241 g/mol. The molecule has 0 saturated carbocycles. The van der Waals surface area contributed by atoms with Gasteiger partial charge in [0.05, 0.1) is 19.3 Å². The Kier molecular flexibility index (Phi) is 5.01. The predicted molar refractivity (Wildman–Crippen MR) is 74.3 cm³/mol. The van der Waals surface area contributed by atoms with E-state index in [-0.39, 0.29) is 6.04 Å². The minimum absolute atomic E-state index is 0.256. The van der Waals surface area contributed by atoms with Gasteiger partial charge >= 0.3 is 0 Å². The van der Waals surface area contributed by atoms with Crippen molar-refractivity contribution >= 4 is 0 Å². The van der Waals surface area contributed by atoms with Crippen molar-refractivity contribution in [3.05, 3.63) is 48.6 Å². The zero-order valence-electron chi connectivity index (χ0n) is 10.6. The molecule has 0 bridgehead atoms. The number of ether oxygens (including phenoxy) is 1. The summed E-state index contributed by atoms with van der Waals surface area (Å²) in [6.45, 7) is 7.36. The van der Waals surface area contributed by atoms with Gasteiger partial charge in [-0.15, -0.1) is 6.58 Å². The molecule has 2 nitrogen and oxygen atoms in total. The SMILES string of the molecule is C=CC[C@H](C#Cc1ccccc1)N1CCOCC1. The van der Waals surface area contributed by atoms with Gasteiger partial charge in [0, 0.05) is 18.7 Å². The van der Waals surface area contributed by atoms with Gasteiger partial charge in [-0.05, 0) is 18.6 Å². The highest BCUT2D eigenvalue weighted by atomic mass is 16.5. The quantitative estimate of drug-likeness (QED) is 0.595. The van der Waals surface area contributed by atoms with Crippen molar-refractivity contribution in [2.24, 2.45) is 0 Å². The Morgan fingerprint density at radius 1 is 1.28 bits per heavy atom. The molecule has 1 aromatic carbocycles. The van der Waals surface area contributed by atoms with Crippen LogP contribution in [-0.2, 0) is 4.74 Å². The maximum Gasteiger partial charge on any atom is 0.0754 e. The van der Waals surface area contributed by atoms with Crippen LogP contribution in [0.5, 0.6) is 0 Å². The topological polar surface area (TPSA) is 12.5 Å². The van der Waals surface area contributed by atoms with Crippen molar-refractivity contribution in [3.8, 4) is 11.8 Å². The highest BCUT2D eigenvalue weighted by Crippen LogP contribution is 2.08. The molecule has 94 valence electrons. The van der Waals surface area contributed by atoms with Crippen LogP contribution in [0, 0.1) is 11.8 Å². The third-order valence-corrected chi connectivity index (χ3v) is 3.03. The molecule has 0 amide bonds. The van der Waals surface area contributed by atoms with Gasteiger partial charge in [-0.2, -0.15) is 0 Å². The largest absolute Gasteiger partial charge is 0.379 e. The van der Waals surface area contributed by atoms with Crippen LogP contribution in [0.15, 0.2) is 43.0 Å². The Balaban J connectivity index is 2.06. The molecule has 1 aliphatic rings. The van der Waals surface area contributed by atoms with Gasteiger partial charge in [0.1, 0.15) is 0 Å². The van der Waals surface area contributed by atoms with Gasteiger partial charge < -0.3 is 4.74 Å². The van der Waals surface area contributed by atoms with E-state index in [1.165, 1.54) is 0 Å². The van der Waals surface area contributed by atoms with E-state index in [0.717, 1.165) is 38.3 Å². The zero-order valence-corrected chi connectivity index (χ0v) is 10.6. The number of hydrogen-bond donors (Lipinski definition) is 0. The van der Waals surface area contributed by atoms with Crippen LogP contribution in [0.3, 0.4) is 0 Å². The van der Waals surface area contributed by atoms with E-state index in [1.54, 1.807) is 0 Å². The zero-order chi connectivity index (χ0) is 12.6. The second kappa shape index (κ2) is 7.00. The molecule has 0 N–H and O–H groups in total. The smallest absolute Gasteiger partial charge is 0.0754 e. The lowest BCUT2D eigenvalue weighted by molar-refractivity contribution is 0.0278. The van der Waals surface area contributed by atoms with E-state index in [4.69, 9.17) is 4.74 Å². The standard InChI is InChI=1S/C16H19NO/c1-2-6-16(17-11-13-18-14-12-17)10-9-15-7-4-3-5-8-15/h2-5,7-8,16H,1,6,11-14H2/t16-/m1/s1. The van der Waals surface area contributed by atoms with Crippen molar-refractivity contribution < 1.29 is 4.74 Å². The molecular weight excluding hydrogens is 222 g/mol. The maximum atomic E-state index is 5.38. The first-order valence-electron chi connectivity index (χ1n) is 6.39. The molecule has 1 aromatic rings. The van der Waals surface area contributed by atoms with E-state index in [2.05, 4.69) is 23.3 Å². The molecular formula is C16H19NO. The molecule has 2 rings (SSSR count). The Morgan fingerprint density at radius 2 is 2.00 bits per heavy atom. The van der Waals surface area contributed by atoms with Gasteiger partial charge in [0.25, 0.3) is 0 Å². The lowest BCUT2D eigenvalue weighted by Crippen LogP contribution is -2.42. The van der Waals surface area contributed by atoms with E-state index in [1.807, 2.05) is 36.4 Å². The highest BCUT2D eigenvalue weighted by molar-refractivity contribution is 5.35. The molecule has 1 aliphatic heterocycles. The lowest BCUT2D eigenvalue weighted by atomic mass is 10.1. The van der Waals surface area contributed by atoms with E-state index >= 15 is 0 Å². The molecule has 0 radical (unpaired) electrons. The summed E-state index contributed by atoms with van der Waals surface area (Å²) in [5, 5.41) is 0. The fraction of sp³-hybridized carbons (Fsp3) is 0.375. The Hall–Kier alpha value is -1.56. The first kappa shape index (κ1) is 12.9. The van der Waals surface area contributed by atoms with Gasteiger partial charge in [-0.3, -0.25) is 4.90 Å². The summed E-state index contributed by atoms with van der Waals surface area (Å²) in [7, 11) is 0. The van der Waals surface area contributed by atoms with Crippen molar-refractivity contribution in [2.45, 2.75) is 12.5 Å². The maximum absolute atomic E-state index is 5.38. The summed E-state index contributed by atoms with van der Waals surface area (Å²) in [4.78, 5) is 2.38. The molecule has 18 heavy (non-hydrogen) atoms. The minimum Gasteiger partial charge on any atom is -0.379 e. The summed E-state index contributed by atoms with van der Waals surface area (Å²) >= 11 is 0. The third-order valence-electron chi connectivity index (χ3n) is 3.03. The summed E-state index contributed by atoms with van der Waals surface area (Å²) in [6, 6.07) is 10.4. The van der Waals surface area contributed by atoms with Crippen molar-refractivity contribution in [2.75, 3.05) is 26.3 Å². The molecule has 0 spiro atoms. The van der Waals surface area contributed by atoms with Gasteiger partial charge in [-0.1, -0.05) is 36.1 Å². The molecule has 0 aromatic heterocycles. The molecule has 1 atom stereocenters. The predicted octanol–water partition coefficient (Wildman–Crippen LogP) is 2.32. The van der Waals surface area contributed by atoms with Crippen molar-refractivity contribution in [1.82, 2.24) is 4.90 Å². The molecule has 0 aliphatic carbocycles. The minimum atomic E-state index is 0.256. The van der Waals surface area contributed by atoms with Crippen LogP contribution in [0.25, 0.3) is 0 Å². The fourth-order valence-electron chi connectivity index (χ4n) is 2.03. The molecule has 0 unspecified atom stereocenters. The van der Waals surface area contributed by atoms with Gasteiger partial charge in [-0.25, -0.2) is 0 Å². The summed E-state index contributed by atoms with van der Waals surface area (Å²) in [5.41, 5.74) is 1.07. The molecule has 2 heteroatoms. The van der Waals surface area contributed by atoms with Crippen LogP contribution in [-0.4, -0.2) is 37.2 Å². The Bertz CT molecular complexity index is 423. The number of nitrogens with zero attached hydrogens (tertiary/aromatic N) is 1. The van der Waals surface area contributed by atoms with Crippen LogP contribution in [0.4, 0.5) is 0 Å². The normalized spacial score (nSPS) is 17.6. The number of rotatable bonds is 3. The second-order valence-corrected chi connectivity index (χ2v) is 4.32. The second-order valence-electron chi connectivity index (χ2n) is 4.32. The van der Waals surface area contributed by atoms with E-state index in [0.29, 0.717) is 0 Å². The summed E-state index contributed by atoms with van der Waals surface area (Å²) in [6.07, 6.45) is 2.85. The third kappa shape index (κ3) is 3.73. The Labute approximate surface area is 109 Å². The summed E-state index contributed by atoms with van der Waals surface area (Å²) < 4.78 is 5.38. The highest BCUT2D eigenvalue weighted by Gasteiger charge is 2.17. The van der Waals surface area contributed by atoms with Crippen LogP contribution in [0.2, 0.25) is 0 Å². The first-order valence-corrected chi connectivity index (χ1v) is 6.39. The molecule has 1 fully saturated rings. The average molecular weight is 241 g/mol. The van der Waals surface area contributed by atoms with E-state index < -0.39 is 0 Å². The number of hydrogen-bond acceptors (Lipinski definition) is 2. The fourth-order valence-corrected chi connectivity index (χ4v) is 2.03. The lowest BCUT2D eigenvalue weighted by Gasteiger charge is -2.30. The molecule has 1 saturated heterocycles. The van der Waals surface area contributed by atoms with Crippen LogP contribution in [0.1, 0.15) is 12.0 Å². The van der Waals surface area contributed by atoms with E-state index in [9.17, 15) is 0 Å². The van der Waals surface area contributed by atoms with Crippen molar-refractivity contribution in [1.29, 1.82) is 0 Å². The number of benzene rings is 1. The molecule has 1 heterocycles. The van der Waals surface area contributed by atoms with Gasteiger partial charge in [0.2, 0.25) is 0 Å². The van der Waals surface area contributed by atoms with Gasteiger partial charge in [0.15, 0.2) is 0 Å². The van der Waals surface area contributed by atoms with Crippen LogP contribution < -0.4 is 0 Å². The average Bonchev–Trinajstić information content (AvgIpc) is 2.45. The van der Waals surface area contributed by atoms with Crippen molar-refractivity contribution in [3.63, 3.8) is 0 Å².